The van der Waals surface area contributed by atoms with Gasteiger partial charge in [0.2, 0.25) is 0 Å². The zero-order chi connectivity index (χ0) is 13.1. The highest BCUT2D eigenvalue weighted by Gasteiger charge is 2.08. The zero-order valence-electron chi connectivity index (χ0n) is 10.5. The average Bonchev–Trinajstić information content (AvgIpc) is 2.49. The maximum atomic E-state index is 5.92. The van der Waals surface area contributed by atoms with Crippen molar-refractivity contribution in [3.05, 3.63) is 72.9 Å². The maximum Gasteiger partial charge on any atom is 0.0708 e. The Kier molecular flexibility index (Phi) is 2.99. The number of aromatic nitrogens is 1. The molecule has 0 fully saturated rings. The lowest BCUT2D eigenvalue weighted by molar-refractivity contribution is 1.33. The van der Waals surface area contributed by atoms with E-state index < -0.39 is 0 Å². The average molecular weight is 246 g/mol. The van der Waals surface area contributed by atoms with E-state index in [4.69, 9.17) is 5.73 Å². The highest BCUT2D eigenvalue weighted by atomic mass is 14.7. The van der Waals surface area contributed by atoms with Crippen molar-refractivity contribution in [3.63, 3.8) is 0 Å². The molecule has 0 atom stereocenters. The molecule has 2 nitrogen and oxygen atoms in total. The highest BCUT2D eigenvalue weighted by Crippen LogP contribution is 2.32. The Hall–Kier alpha value is -2.61. The van der Waals surface area contributed by atoms with Crippen molar-refractivity contribution < 1.29 is 0 Å². The molecule has 3 aromatic rings. The fraction of sp³-hybridized carbons (Fsp3) is 0. The number of hydrogen-bond donors (Lipinski definition) is 1. The quantitative estimate of drug-likeness (QED) is 0.694. The Labute approximate surface area is 112 Å². The summed E-state index contributed by atoms with van der Waals surface area (Å²) >= 11 is 0. The molecule has 1 aromatic heterocycles. The molecule has 2 heteroatoms. The van der Waals surface area contributed by atoms with Gasteiger partial charge in [0, 0.05) is 17.4 Å². The monoisotopic (exact) mass is 246 g/mol. The fourth-order valence-corrected chi connectivity index (χ4v) is 2.17. The molecule has 3 rings (SSSR count). The van der Waals surface area contributed by atoms with Crippen LogP contribution in [0.5, 0.6) is 0 Å². The van der Waals surface area contributed by atoms with Gasteiger partial charge in [-0.3, -0.25) is 4.98 Å². The van der Waals surface area contributed by atoms with Crippen molar-refractivity contribution in [2.24, 2.45) is 0 Å². The van der Waals surface area contributed by atoms with Crippen LogP contribution in [0.15, 0.2) is 72.9 Å². The van der Waals surface area contributed by atoms with E-state index in [0.29, 0.717) is 0 Å². The summed E-state index contributed by atoms with van der Waals surface area (Å²) in [6, 6.07) is 22.1. The van der Waals surface area contributed by atoms with E-state index in [-0.39, 0.29) is 0 Å². The molecule has 0 aliphatic carbocycles. The van der Waals surface area contributed by atoms with Gasteiger partial charge in [0.05, 0.1) is 5.69 Å². The van der Waals surface area contributed by atoms with E-state index in [1.165, 1.54) is 5.56 Å². The Morgan fingerprint density at radius 2 is 1.53 bits per heavy atom. The number of nitrogens with zero attached hydrogens (tertiary/aromatic N) is 1. The van der Waals surface area contributed by atoms with Gasteiger partial charge < -0.3 is 5.73 Å². The second-order valence-corrected chi connectivity index (χ2v) is 4.39. The van der Waals surface area contributed by atoms with Crippen LogP contribution in [-0.4, -0.2) is 4.98 Å². The van der Waals surface area contributed by atoms with Gasteiger partial charge in [-0.2, -0.15) is 0 Å². The van der Waals surface area contributed by atoms with Crippen LogP contribution in [0.2, 0.25) is 0 Å². The van der Waals surface area contributed by atoms with Gasteiger partial charge in [0.25, 0.3) is 0 Å². The lowest BCUT2D eigenvalue weighted by Gasteiger charge is -2.10. The molecule has 2 aromatic carbocycles. The molecule has 0 bridgehead atoms. The van der Waals surface area contributed by atoms with Crippen molar-refractivity contribution >= 4 is 5.69 Å². The first-order valence-electron chi connectivity index (χ1n) is 6.21. The van der Waals surface area contributed by atoms with Crippen LogP contribution in [0, 0.1) is 0 Å². The molecule has 0 aliphatic heterocycles. The normalized spacial score (nSPS) is 10.3. The van der Waals surface area contributed by atoms with E-state index in [9.17, 15) is 0 Å². The van der Waals surface area contributed by atoms with Crippen molar-refractivity contribution in [1.29, 1.82) is 0 Å². The number of nitrogen functional groups attached to an aromatic ring is 1. The third kappa shape index (κ3) is 2.33. The molecule has 92 valence electrons. The molecule has 1 heterocycles. The first-order chi connectivity index (χ1) is 9.34. The van der Waals surface area contributed by atoms with Gasteiger partial charge in [-0.05, 0) is 35.4 Å². The van der Waals surface area contributed by atoms with Crippen molar-refractivity contribution in [1.82, 2.24) is 4.98 Å². The summed E-state index contributed by atoms with van der Waals surface area (Å²) in [7, 11) is 0. The van der Waals surface area contributed by atoms with Gasteiger partial charge in [-0.15, -0.1) is 0 Å². The predicted octanol–water partition coefficient (Wildman–Crippen LogP) is 4.00. The fourth-order valence-electron chi connectivity index (χ4n) is 2.17. The third-order valence-corrected chi connectivity index (χ3v) is 3.07. The highest BCUT2D eigenvalue weighted by molar-refractivity contribution is 5.83. The van der Waals surface area contributed by atoms with Crippen LogP contribution in [0.1, 0.15) is 0 Å². The molecule has 0 spiro atoms. The Balaban J connectivity index is 2.21. The van der Waals surface area contributed by atoms with E-state index >= 15 is 0 Å². The van der Waals surface area contributed by atoms with E-state index in [0.717, 1.165) is 22.5 Å². The number of benzene rings is 2. The minimum atomic E-state index is 0.750. The summed E-state index contributed by atoms with van der Waals surface area (Å²) in [5, 5.41) is 0. The molecule has 0 saturated heterocycles. The smallest absolute Gasteiger partial charge is 0.0708 e. The van der Waals surface area contributed by atoms with Crippen LogP contribution in [-0.2, 0) is 0 Å². The summed E-state index contributed by atoms with van der Waals surface area (Å²) in [6.45, 7) is 0. The van der Waals surface area contributed by atoms with Crippen LogP contribution in [0.3, 0.4) is 0 Å². The molecule has 0 saturated carbocycles. The second kappa shape index (κ2) is 4.94. The summed E-state index contributed by atoms with van der Waals surface area (Å²) in [5.74, 6) is 0. The van der Waals surface area contributed by atoms with Gasteiger partial charge in [-0.25, -0.2) is 0 Å². The molecule has 2 N–H and O–H groups in total. The first kappa shape index (κ1) is 11.5. The Bertz CT molecular complexity index is 676. The minimum Gasteiger partial charge on any atom is -0.399 e. The molecule has 0 unspecified atom stereocenters. The van der Waals surface area contributed by atoms with E-state index in [1.54, 1.807) is 6.20 Å². The summed E-state index contributed by atoms with van der Waals surface area (Å²) in [6.07, 6.45) is 1.80. The first-order valence-corrected chi connectivity index (χ1v) is 6.21. The third-order valence-electron chi connectivity index (χ3n) is 3.07. The lowest BCUT2D eigenvalue weighted by atomic mass is 9.97. The number of anilines is 1. The molecular formula is C17H14N2. The number of pyridine rings is 1. The largest absolute Gasteiger partial charge is 0.399 e. The SMILES string of the molecule is Nc1ccc(-c2ccccc2)c(-c2ccccn2)c1. The maximum absolute atomic E-state index is 5.92. The standard InChI is InChI=1S/C17H14N2/c18-14-9-10-15(13-6-2-1-3-7-13)16(12-14)17-8-4-5-11-19-17/h1-12H,18H2. The zero-order valence-corrected chi connectivity index (χ0v) is 10.5. The summed E-state index contributed by atoms with van der Waals surface area (Å²) in [5.41, 5.74) is 11.0. The van der Waals surface area contributed by atoms with Gasteiger partial charge in [-0.1, -0.05) is 42.5 Å². The second-order valence-electron chi connectivity index (χ2n) is 4.39. The van der Waals surface area contributed by atoms with Crippen LogP contribution >= 0.6 is 0 Å². The lowest BCUT2D eigenvalue weighted by Crippen LogP contribution is -1.91. The Morgan fingerprint density at radius 3 is 2.26 bits per heavy atom. The van der Waals surface area contributed by atoms with Crippen LogP contribution in [0.25, 0.3) is 22.4 Å². The topological polar surface area (TPSA) is 38.9 Å². The molecule has 19 heavy (non-hydrogen) atoms. The van der Waals surface area contributed by atoms with E-state index in [1.807, 2.05) is 48.5 Å². The van der Waals surface area contributed by atoms with Crippen LogP contribution < -0.4 is 5.73 Å². The Morgan fingerprint density at radius 1 is 0.737 bits per heavy atom. The minimum absolute atomic E-state index is 0.750. The predicted molar refractivity (Wildman–Crippen MR) is 79.5 cm³/mol. The summed E-state index contributed by atoms with van der Waals surface area (Å²) < 4.78 is 0. The number of hydrogen-bond acceptors (Lipinski definition) is 2. The van der Waals surface area contributed by atoms with Crippen molar-refractivity contribution in [2.75, 3.05) is 5.73 Å². The molecule has 0 aliphatic rings. The van der Waals surface area contributed by atoms with Gasteiger partial charge in [0.1, 0.15) is 0 Å². The number of nitrogens with two attached hydrogens (primary N) is 1. The molecule has 0 radical (unpaired) electrons. The van der Waals surface area contributed by atoms with Crippen LogP contribution in [0.4, 0.5) is 5.69 Å². The van der Waals surface area contributed by atoms with Crippen molar-refractivity contribution in [3.8, 4) is 22.4 Å². The molecule has 0 amide bonds. The van der Waals surface area contributed by atoms with Gasteiger partial charge >= 0.3 is 0 Å². The van der Waals surface area contributed by atoms with E-state index in [2.05, 4.69) is 23.2 Å². The number of rotatable bonds is 2. The molecular weight excluding hydrogens is 232 g/mol. The van der Waals surface area contributed by atoms with Gasteiger partial charge in [0.15, 0.2) is 0 Å². The summed E-state index contributed by atoms with van der Waals surface area (Å²) in [4.78, 5) is 4.42. The van der Waals surface area contributed by atoms with Crippen molar-refractivity contribution in [2.45, 2.75) is 0 Å².